The molecule has 0 radical (unpaired) electrons. The van der Waals surface area contributed by atoms with E-state index in [-0.39, 0.29) is 5.91 Å². The Balaban J connectivity index is 2.02. The van der Waals surface area contributed by atoms with Gasteiger partial charge in [0.05, 0.1) is 0 Å². The maximum Gasteiger partial charge on any atom is 0.272 e. The second kappa shape index (κ2) is 5.27. The van der Waals surface area contributed by atoms with Crippen molar-refractivity contribution in [3.05, 3.63) is 29.6 Å². The fourth-order valence-electron chi connectivity index (χ4n) is 2.08. The molecule has 2 rings (SSSR count). The molecular weight excluding hydrogens is 214 g/mol. The average molecular weight is 233 g/mol. The zero-order valence-electron chi connectivity index (χ0n) is 10.5. The second-order valence-corrected chi connectivity index (χ2v) is 4.44. The Kier molecular flexibility index (Phi) is 3.74. The van der Waals surface area contributed by atoms with Crippen molar-refractivity contribution in [1.82, 2.24) is 14.8 Å². The van der Waals surface area contributed by atoms with Crippen LogP contribution in [0.25, 0.3) is 0 Å². The number of hydrogen-bond acceptors (Lipinski definition) is 3. The normalized spacial score (nSPS) is 17.2. The van der Waals surface area contributed by atoms with Crippen molar-refractivity contribution < 1.29 is 4.79 Å². The lowest BCUT2D eigenvalue weighted by Crippen LogP contribution is -2.48. The predicted octanol–water partition coefficient (Wildman–Crippen LogP) is 1.17. The number of carbonyl (C=O) groups is 1. The highest BCUT2D eigenvalue weighted by Gasteiger charge is 2.21. The number of rotatable bonds is 2. The molecule has 1 saturated heterocycles. The summed E-state index contributed by atoms with van der Waals surface area (Å²) in [5.41, 5.74) is 1.64. The molecule has 4 nitrogen and oxygen atoms in total. The summed E-state index contributed by atoms with van der Waals surface area (Å²) in [6.07, 6.45) is 1.70. The Morgan fingerprint density at radius 2 is 2.06 bits per heavy atom. The molecule has 92 valence electrons. The van der Waals surface area contributed by atoms with Crippen molar-refractivity contribution in [2.45, 2.75) is 13.8 Å². The van der Waals surface area contributed by atoms with Gasteiger partial charge in [-0.05, 0) is 31.2 Å². The molecule has 1 aliphatic rings. The highest BCUT2D eigenvalue weighted by molar-refractivity contribution is 5.92. The van der Waals surface area contributed by atoms with Crippen molar-refractivity contribution in [3.8, 4) is 0 Å². The Morgan fingerprint density at radius 3 is 2.65 bits per heavy atom. The zero-order chi connectivity index (χ0) is 12.3. The maximum absolute atomic E-state index is 12.2. The molecule has 0 saturated carbocycles. The summed E-state index contributed by atoms with van der Waals surface area (Å²) in [4.78, 5) is 20.6. The van der Waals surface area contributed by atoms with Crippen LogP contribution in [0.15, 0.2) is 18.3 Å². The smallest absolute Gasteiger partial charge is 0.272 e. The van der Waals surface area contributed by atoms with Crippen molar-refractivity contribution in [1.29, 1.82) is 0 Å². The molecule has 0 N–H and O–H groups in total. The van der Waals surface area contributed by atoms with Crippen molar-refractivity contribution in [2.75, 3.05) is 32.7 Å². The molecule has 1 amide bonds. The van der Waals surface area contributed by atoms with Gasteiger partial charge in [-0.15, -0.1) is 0 Å². The van der Waals surface area contributed by atoms with Gasteiger partial charge in [-0.3, -0.25) is 9.78 Å². The molecule has 1 fully saturated rings. The van der Waals surface area contributed by atoms with Gasteiger partial charge >= 0.3 is 0 Å². The summed E-state index contributed by atoms with van der Waals surface area (Å²) in [6, 6.07) is 3.76. The third-order valence-corrected chi connectivity index (χ3v) is 3.24. The average Bonchev–Trinajstić information content (AvgIpc) is 2.38. The topological polar surface area (TPSA) is 36.4 Å². The van der Waals surface area contributed by atoms with Crippen LogP contribution in [0.4, 0.5) is 0 Å². The summed E-state index contributed by atoms with van der Waals surface area (Å²) in [7, 11) is 0. The molecule has 1 aromatic rings. The highest BCUT2D eigenvalue weighted by atomic mass is 16.2. The predicted molar refractivity (Wildman–Crippen MR) is 67.0 cm³/mol. The minimum Gasteiger partial charge on any atom is -0.335 e. The number of nitrogens with zero attached hydrogens (tertiary/aromatic N) is 3. The van der Waals surface area contributed by atoms with Gasteiger partial charge in [0.15, 0.2) is 0 Å². The maximum atomic E-state index is 12.2. The van der Waals surface area contributed by atoms with Crippen LogP contribution < -0.4 is 0 Å². The minimum absolute atomic E-state index is 0.0597. The van der Waals surface area contributed by atoms with E-state index in [1.807, 2.05) is 24.0 Å². The van der Waals surface area contributed by atoms with Gasteiger partial charge in [0, 0.05) is 32.4 Å². The molecule has 1 aliphatic heterocycles. The quantitative estimate of drug-likeness (QED) is 0.769. The van der Waals surface area contributed by atoms with E-state index in [1.54, 1.807) is 6.20 Å². The zero-order valence-corrected chi connectivity index (χ0v) is 10.5. The lowest BCUT2D eigenvalue weighted by molar-refractivity contribution is 0.0637. The van der Waals surface area contributed by atoms with Crippen molar-refractivity contribution in [2.24, 2.45) is 0 Å². The first-order valence-electron chi connectivity index (χ1n) is 6.15. The van der Waals surface area contributed by atoms with Crippen LogP contribution in [0.3, 0.4) is 0 Å². The lowest BCUT2D eigenvalue weighted by Gasteiger charge is -2.33. The van der Waals surface area contributed by atoms with Gasteiger partial charge in [0.25, 0.3) is 5.91 Å². The van der Waals surface area contributed by atoms with Gasteiger partial charge in [-0.2, -0.15) is 0 Å². The third kappa shape index (κ3) is 2.82. The summed E-state index contributed by atoms with van der Waals surface area (Å²) < 4.78 is 0. The number of aromatic nitrogens is 1. The summed E-state index contributed by atoms with van der Waals surface area (Å²) in [5.74, 6) is 0.0597. The van der Waals surface area contributed by atoms with Crippen LogP contribution in [-0.2, 0) is 0 Å². The van der Waals surface area contributed by atoms with Crippen LogP contribution in [0.1, 0.15) is 23.0 Å². The standard InChI is InChI=1S/C13H19N3O/c1-3-15-6-8-16(9-7-15)13(17)12-10-11(2)4-5-14-12/h4-5,10H,3,6-9H2,1-2H3. The number of amides is 1. The van der Waals surface area contributed by atoms with Gasteiger partial charge < -0.3 is 9.80 Å². The van der Waals surface area contributed by atoms with E-state index >= 15 is 0 Å². The second-order valence-electron chi connectivity index (χ2n) is 4.44. The van der Waals surface area contributed by atoms with Gasteiger partial charge in [-0.25, -0.2) is 0 Å². The van der Waals surface area contributed by atoms with Crippen LogP contribution in [0.2, 0.25) is 0 Å². The molecule has 0 bridgehead atoms. The Labute approximate surface area is 102 Å². The van der Waals surface area contributed by atoms with E-state index in [4.69, 9.17) is 0 Å². The van der Waals surface area contributed by atoms with E-state index in [0.29, 0.717) is 5.69 Å². The molecule has 2 heterocycles. The van der Waals surface area contributed by atoms with E-state index < -0.39 is 0 Å². The molecule has 0 aliphatic carbocycles. The SMILES string of the molecule is CCN1CCN(C(=O)c2cc(C)ccn2)CC1. The van der Waals surface area contributed by atoms with Crippen LogP contribution >= 0.6 is 0 Å². The van der Waals surface area contributed by atoms with E-state index in [1.165, 1.54) is 0 Å². The largest absolute Gasteiger partial charge is 0.335 e. The Morgan fingerprint density at radius 1 is 1.35 bits per heavy atom. The van der Waals surface area contributed by atoms with Gasteiger partial charge in [-0.1, -0.05) is 6.92 Å². The summed E-state index contributed by atoms with van der Waals surface area (Å²) in [6.45, 7) is 8.74. The third-order valence-electron chi connectivity index (χ3n) is 3.24. The lowest BCUT2D eigenvalue weighted by atomic mass is 10.2. The molecule has 0 atom stereocenters. The number of likely N-dealkylation sites (N-methyl/N-ethyl adjacent to an activating group) is 1. The number of aryl methyl sites for hydroxylation is 1. The number of pyridine rings is 1. The van der Waals surface area contributed by atoms with Crippen LogP contribution in [-0.4, -0.2) is 53.4 Å². The first-order chi connectivity index (χ1) is 8.20. The van der Waals surface area contributed by atoms with E-state index in [0.717, 1.165) is 38.3 Å². The molecule has 0 aromatic carbocycles. The molecular formula is C13H19N3O. The fourth-order valence-corrected chi connectivity index (χ4v) is 2.08. The van der Waals surface area contributed by atoms with Gasteiger partial charge in [0.2, 0.25) is 0 Å². The molecule has 0 spiro atoms. The van der Waals surface area contributed by atoms with Crippen molar-refractivity contribution >= 4 is 5.91 Å². The monoisotopic (exact) mass is 233 g/mol. The van der Waals surface area contributed by atoms with Crippen LogP contribution in [0, 0.1) is 6.92 Å². The van der Waals surface area contributed by atoms with E-state index in [9.17, 15) is 4.79 Å². The number of piperazine rings is 1. The Hall–Kier alpha value is -1.42. The molecule has 17 heavy (non-hydrogen) atoms. The first-order valence-corrected chi connectivity index (χ1v) is 6.15. The van der Waals surface area contributed by atoms with Crippen molar-refractivity contribution in [3.63, 3.8) is 0 Å². The molecule has 1 aromatic heterocycles. The molecule has 4 heteroatoms. The summed E-state index contributed by atoms with van der Waals surface area (Å²) in [5, 5.41) is 0. The molecule has 0 unspecified atom stereocenters. The van der Waals surface area contributed by atoms with Gasteiger partial charge in [0.1, 0.15) is 5.69 Å². The number of carbonyl (C=O) groups excluding carboxylic acids is 1. The van der Waals surface area contributed by atoms with Crippen LogP contribution in [0.5, 0.6) is 0 Å². The highest BCUT2D eigenvalue weighted by Crippen LogP contribution is 2.08. The first kappa shape index (κ1) is 12.0. The Bertz CT molecular complexity index is 397. The minimum atomic E-state index is 0.0597. The van der Waals surface area contributed by atoms with E-state index in [2.05, 4.69) is 16.8 Å². The summed E-state index contributed by atoms with van der Waals surface area (Å²) >= 11 is 0. The number of hydrogen-bond donors (Lipinski definition) is 0. The fraction of sp³-hybridized carbons (Fsp3) is 0.538.